The molecule has 31 heavy (non-hydrogen) atoms. The van der Waals surface area contributed by atoms with Gasteiger partial charge in [0.05, 0.1) is 12.1 Å². The van der Waals surface area contributed by atoms with Crippen molar-refractivity contribution in [2.45, 2.75) is 11.6 Å². The molecule has 0 aromatic heterocycles. The first-order valence-corrected chi connectivity index (χ1v) is 9.73. The molecule has 0 fully saturated rings. The van der Waals surface area contributed by atoms with Gasteiger partial charge in [-0.05, 0) is 42.3 Å². The van der Waals surface area contributed by atoms with E-state index in [4.69, 9.17) is 10.5 Å². The van der Waals surface area contributed by atoms with Crippen LogP contribution in [0.2, 0.25) is 0 Å². The van der Waals surface area contributed by atoms with Crippen molar-refractivity contribution < 1.29 is 0 Å². The minimum atomic E-state index is -0.986. The van der Waals surface area contributed by atoms with Gasteiger partial charge in [-0.3, -0.25) is 9.98 Å². The number of nitriles is 2. The monoisotopic (exact) mass is 405 g/mol. The Kier molecular flexibility index (Phi) is 6.29. The maximum Gasteiger partial charge on any atom is 0.199 e. The van der Waals surface area contributed by atoms with E-state index in [2.05, 4.69) is 23.4 Å². The number of hydrogen-bond donors (Lipinski definition) is 0. The zero-order valence-electron chi connectivity index (χ0n) is 17.7. The highest BCUT2D eigenvalue weighted by atomic mass is 15.1. The van der Waals surface area contributed by atoms with Crippen LogP contribution in [0, 0.1) is 22.7 Å². The summed E-state index contributed by atoms with van der Waals surface area (Å²) in [7, 11) is 3.98. The lowest BCUT2D eigenvalue weighted by Gasteiger charge is -2.27. The minimum absolute atomic E-state index is 0.692. The van der Waals surface area contributed by atoms with Gasteiger partial charge in [0.1, 0.15) is 0 Å². The highest BCUT2D eigenvalue weighted by Crippen LogP contribution is 2.36. The van der Waals surface area contributed by atoms with Crippen LogP contribution in [0.1, 0.15) is 22.6 Å². The minimum Gasteiger partial charge on any atom is -0.378 e. The van der Waals surface area contributed by atoms with Gasteiger partial charge in [0.25, 0.3) is 0 Å². The maximum absolute atomic E-state index is 9.05. The fraction of sp³-hybridized carbons (Fsp3) is 0.154. The summed E-state index contributed by atoms with van der Waals surface area (Å²) >= 11 is 0. The SMILES string of the molecule is C=NC(N=C)(c1ccc(-c2ccc(C(C#N)C#N)cc2)cc1)c1ccc(N(C)C)cc1. The van der Waals surface area contributed by atoms with Crippen LogP contribution in [0.5, 0.6) is 0 Å². The van der Waals surface area contributed by atoms with Gasteiger partial charge in [-0.15, -0.1) is 0 Å². The first kappa shape index (κ1) is 21.5. The van der Waals surface area contributed by atoms with Gasteiger partial charge in [0.2, 0.25) is 0 Å². The lowest BCUT2D eigenvalue weighted by molar-refractivity contribution is 0.585. The van der Waals surface area contributed by atoms with Gasteiger partial charge < -0.3 is 4.90 Å². The first-order chi connectivity index (χ1) is 15.0. The molecule has 5 heteroatoms. The predicted molar refractivity (Wildman–Crippen MR) is 126 cm³/mol. The molecule has 3 aromatic carbocycles. The second-order valence-electron chi connectivity index (χ2n) is 7.32. The summed E-state index contributed by atoms with van der Waals surface area (Å²) in [6, 6.07) is 27.4. The quantitative estimate of drug-likeness (QED) is 0.510. The van der Waals surface area contributed by atoms with Crippen LogP contribution < -0.4 is 4.90 Å². The molecule has 0 aliphatic rings. The molecule has 3 aromatic rings. The molecule has 0 atom stereocenters. The van der Waals surface area contributed by atoms with E-state index >= 15 is 0 Å². The Morgan fingerprint density at radius 1 is 0.742 bits per heavy atom. The van der Waals surface area contributed by atoms with E-state index in [1.54, 1.807) is 0 Å². The molecular weight excluding hydrogens is 382 g/mol. The largest absolute Gasteiger partial charge is 0.378 e. The molecule has 0 N–H and O–H groups in total. The Balaban J connectivity index is 1.94. The molecule has 0 aliphatic heterocycles. The van der Waals surface area contributed by atoms with Crippen molar-refractivity contribution in [3.05, 3.63) is 89.5 Å². The van der Waals surface area contributed by atoms with Crippen molar-refractivity contribution in [1.82, 2.24) is 0 Å². The molecule has 0 spiro atoms. The third-order valence-electron chi connectivity index (χ3n) is 5.37. The number of hydrogen-bond acceptors (Lipinski definition) is 5. The number of rotatable bonds is 7. The molecule has 0 aliphatic carbocycles. The fourth-order valence-corrected chi connectivity index (χ4v) is 3.51. The summed E-state index contributed by atoms with van der Waals surface area (Å²) in [5.41, 5.74) is 4.54. The summed E-state index contributed by atoms with van der Waals surface area (Å²) < 4.78 is 0. The van der Waals surface area contributed by atoms with Crippen molar-refractivity contribution >= 4 is 19.1 Å². The van der Waals surface area contributed by atoms with E-state index < -0.39 is 11.6 Å². The summed E-state index contributed by atoms with van der Waals surface area (Å²) in [5, 5.41) is 18.1. The van der Waals surface area contributed by atoms with Crippen LogP contribution >= 0.6 is 0 Å². The third kappa shape index (κ3) is 4.08. The molecule has 5 nitrogen and oxygen atoms in total. The second-order valence-corrected chi connectivity index (χ2v) is 7.32. The average molecular weight is 406 g/mol. The Hall–Kier alpha value is -4.22. The van der Waals surface area contributed by atoms with Crippen LogP contribution in [0.15, 0.2) is 82.8 Å². The second kappa shape index (κ2) is 9.07. The molecule has 152 valence electrons. The summed E-state index contributed by atoms with van der Waals surface area (Å²) in [6.45, 7) is 7.58. The predicted octanol–water partition coefficient (Wildman–Crippen LogP) is 5.15. The van der Waals surface area contributed by atoms with Crippen molar-refractivity contribution in [2.75, 3.05) is 19.0 Å². The van der Waals surface area contributed by atoms with Gasteiger partial charge in [-0.1, -0.05) is 60.7 Å². The molecule has 0 heterocycles. The van der Waals surface area contributed by atoms with E-state index in [1.165, 1.54) is 0 Å². The summed E-state index contributed by atoms with van der Waals surface area (Å²) in [6.07, 6.45) is 0. The van der Waals surface area contributed by atoms with E-state index in [1.807, 2.05) is 104 Å². The van der Waals surface area contributed by atoms with Crippen molar-refractivity contribution in [1.29, 1.82) is 10.5 Å². The normalized spacial score (nSPS) is 10.7. The van der Waals surface area contributed by atoms with Gasteiger partial charge in [-0.2, -0.15) is 10.5 Å². The molecule has 0 amide bonds. The summed E-state index contributed by atoms with van der Waals surface area (Å²) in [5.74, 6) is -0.756. The average Bonchev–Trinajstić information content (AvgIpc) is 2.82. The van der Waals surface area contributed by atoms with E-state index in [0.29, 0.717) is 5.56 Å². The Morgan fingerprint density at radius 2 is 1.16 bits per heavy atom. The molecule has 0 saturated carbocycles. The molecule has 3 rings (SSSR count). The zero-order valence-corrected chi connectivity index (χ0v) is 17.7. The molecule has 0 bridgehead atoms. The van der Waals surface area contributed by atoms with Crippen LogP contribution in [0.3, 0.4) is 0 Å². The lowest BCUT2D eigenvalue weighted by atomic mass is 9.90. The lowest BCUT2D eigenvalue weighted by Crippen LogP contribution is -2.22. The smallest absolute Gasteiger partial charge is 0.199 e. The highest BCUT2D eigenvalue weighted by Gasteiger charge is 2.31. The van der Waals surface area contributed by atoms with Crippen LogP contribution in [-0.2, 0) is 5.66 Å². The molecule has 0 unspecified atom stereocenters. The Morgan fingerprint density at radius 3 is 1.55 bits per heavy atom. The topological polar surface area (TPSA) is 75.5 Å². The van der Waals surface area contributed by atoms with Crippen LogP contribution in [0.25, 0.3) is 11.1 Å². The van der Waals surface area contributed by atoms with Crippen molar-refractivity contribution in [3.8, 4) is 23.3 Å². The molecule has 0 radical (unpaired) electrons. The number of anilines is 1. The zero-order chi connectivity index (χ0) is 22.4. The standard InChI is InChI=1S/C26H23N5/c1-29-26(30-2,24-13-15-25(16-14-24)31(3)4)23-11-9-20(10-12-23)19-5-7-21(8-6-19)22(17-27)18-28/h5-16,22H,1-2H2,3-4H3. The summed E-state index contributed by atoms with van der Waals surface area (Å²) in [4.78, 5) is 10.7. The van der Waals surface area contributed by atoms with Crippen LogP contribution in [-0.4, -0.2) is 27.5 Å². The number of benzene rings is 3. The van der Waals surface area contributed by atoms with Gasteiger partial charge in [0, 0.05) is 30.9 Å². The van der Waals surface area contributed by atoms with Gasteiger partial charge >= 0.3 is 0 Å². The van der Waals surface area contributed by atoms with E-state index in [-0.39, 0.29) is 0 Å². The van der Waals surface area contributed by atoms with Crippen molar-refractivity contribution in [3.63, 3.8) is 0 Å². The fourth-order valence-electron chi connectivity index (χ4n) is 3.51. The molecule has 0 saturated heterocycles. The highest BCUT2D eigenvalue weighted by molar-refractivity contribution is 5.65. The van der Waals surface area contributed by atoms with Gasteiger partial charge in [0.15, 0.2) is 11.6 Å². The maximum atomic E-state index is 9.05. The van der Waals surface area contributed by atoms with Crippen LogP contribution in [0.4, 0.5) is 5.69 Å². The first-order valence-electron chi connectivity index (χ1n) is 9.73. The molecular formula is C26H23N5. The third-order valence-corrected chi connectivity index (χ3v) is 5.37. The van der Waals surface area contributed by atoms with Gasteiger partial charge in [-0.25, -0.2) is 0 Å². The van der Waals surface area contributed by atoms with E-state index in [0.717, 1.165) is 27.9 Å². The van der Waals surface area contributed by atoms with E-state index in [9.17, 15) is 0 Å². The van der Waals surface area contributed by atoms with Crippen molar-refractivity contribution in [2.24, 2.45) is 9.98 Å². The Bertz CT molecular complexity index is 1120. The number of aliphatic imine (C=N–C) groups is 2. The Labute approximate surface area is 183 Å². The number of nitrogens with zero attached hydrogens (tertiary/aromatic N) is 5.